The number of aromatic nitrogens is 2. The SMILES string of the molecule is CC(C)C[C@H]1CN(C(=O)c2no[n+](-c3ccc(F)cc3F)c2F)[C@@H](CC(C)C)C(=O)N1. The zero-order valence-electron chi connectivity index (χ0n) is 17.9. The number of nitrogens with zero attached hydrogens (tertiary/aromatic N) is 3. The number of carbonyl (C=O) groups excluding carboxylic acids is 2. The number of halogens is 3. The van der Waals surface area contributed by atoms with Crippen LogP contribution in [0.15, 0.2) is 22.8 Å². The van der Waals surface area contributed by atoms with Gasteiger partial charge in [0.2, 0.25) is 11.6 Å². The number of benzene rings is 1. The average Bonchev–Trinajstić information content (AvgIpc) is 3.03. The maximum absolute atomic E-state index is 15.0. The molecule has 1 fully saturated rings. The predicted molar refractivity (Wildman–Crippen MR) is 104 cm³/mol. The van der Waals surface area contributed by atoms with E-state index in [1.54, 1.807) is 0 Å². The van der Waals surface area contributed by atoms with Crippen molar-refractivity contribution in [2.24, 2.45) is 11.8 Å². The molecule has 1 aromatic carbocycles. The van der Waals surface area contributed by atoms with Crippen molar-refractivity contribution in [1.82, 2.24) is 15.4 Å². The van der Waals surface area contributed by atoms with Crippen LogP contribution < -0.4 is 10.1 Å². The fraction of sp³-hybridized carbons (Fsp3) is 0.524. The summed E-state index contributed by atoms with van der Waals surface area (Å²) in [5.41, 5.74) is -1.10. The highest BCUT2D eigenvalue weighted by Gasteiger charge is 2.43. The Morgan fingerprint density at radius 3 is 2.52 bits per heavy atom. The minimum atomic E-state index is -1.23. The van der Waals surface area contributed by atoms with E-state index in [0.29, 0.717) is 23.6 Å². The summed E-state index contributed by atoms with van der Waals surface area (Å²) in [4.78, 5) is 27.2. The van der Waals surface area contributed by atoms with Gasteiger partial charge in [0.15, 0.2) is 11.0 Å². The van der Waals surface area contributed by atoms with Gasteiger partial charge in [0.25, 0.3) is 0 Å². The molecule has 2 atom stereocenters. The first-order chi connectivity index (χ1) is 14.6. The maximum Gasteiger partial charge on any atom is 0.381 e. The minimum absolute atomic E-state index is 0.105. The molecule has 0 saturated carbocycles. The van der Waals surface area contributed by atoms with E-state index in [0.717, 1.165) is 12.1 Å². The first-order valence-electron chi connectivity index (χ1n) is 10.2. The second kappa shape index (κ2) is 9.07. The Kier molecular flexibility index (Phi) is 6.66. The molecule has 0 unspecified atom stereocenters. The van der Waals surface area contributed by atoms with Crippen LogP contribution in [0.1, 0.15) is 51.0 Å². The summed E-state index contributed by atoms with van der Waals surface area (Å²) in [6.07, 6.45) is 1.03. The van der Waals surface area contributed by atoms with Crippen LogP contribution in [-0.2, 0) is 4.79 Å². The highest BCUT2D eigenvalue weighted by Crippen LogP contribution is 2.22. The smallest absolute Gasteiger partial charge is 0.350 e. The largest absolute Gasteiger partial charge is 0.381 e. The van der Waals surface area contributed by atoms with E-state index in [9.17, 15) is 22.8 Å². The first-order valence-corrected chi connectivity index (χ1v) is 10.2. The molecule has 3 rings (SSSR count). The number of amides is 2. The molecule has 168 valence electrons. The monoisotopic (exact) mass is 439 g/mol. The van der Waals surface area contributed by atoms with Crippen LogP contribution in [0.3, 0.4) is 0 Å². The van der Waals surface area contributed by atoms with Crippen molar-refractivity contribution in [3.05, 3.63) is 41.5 Å². The van der Waals surface area contributed by atoms with Gasteiger partial charge in [-0.25, -0.2) is 8.78 Å². The van der Waals surface area contributed by atoms with Gasteiger partial charge in [0, 0.05) is 23.4 Å². The van der Waals surface area contributed by atoms with Gasteiger partial charge < -0.3 is 10.2 Å². The summed E-state index contributed by atoms with van der Waals surface area (Å²) < 4.78 is 47.4. The van der Waals surface area contributed by atoms with Crippen molar-refractivity contribution >= 4 is 11.8 Å². The molecule has 0 radical (unpaired) electrons. The molecule has 0 bridgehead atoms. The summed E-state index contributed by atoms with van der Waals surface area (Å²) in [6.45, 7) is 8.01. The highest BCUT2D eigenvalue weighted by atomic mass is 19.1. The van der Waals surface area contributed by atoms with Crippen LogP contribution in [0.25, 0.3) is 5.69 Å². The molecule has 0 aliphatic carbocycles. The molecule has 2 amide bonds. The lowest BCUT2D eigenvalue weighted by Gasteiger charge is -2.39. The molecular formula is C21H26F3N4O3+. The van der Waals surface area contributed by atoms with Crippen LogP contribution in [0.2, 0.25) is 0 Å². The molecule has 7 nitrogen and oxygen atoms in total. The summed E-state index contributed by atoms with van der Waals surface area (Å²) in [5, 5.41) is 6.42. The summed E-state index contributed by atoms with van der Waals surface area (Å²) >= 11 is 0. The van der Waals surface area contributed by atoms with E-state index in [1.807, 2.05) is 27.7 Å². The van der Waals surface area contributed by atoms with Gasteiger partial charge >= 0.3 is 17.5 Å². The first kappa shape index (κ1) is 22.8. The van der Waals surface area contributed by atoms with Gasteiger partial charge in [-0.1, -0.05) is 32.3 Å². The third-order valence-electron chi connectivity index (χ3n) is 5.07. The van der Waals surface area contributed by atoms with E-state index < -0.39 is 40.9 Å². The number of carbonyl (C=O) groups is 2. The molecule has 1 saturated heterocycles. The molecule has 10 heteroatoms. The van der Waals surface area contributed by atoms with Gasteiger partial charge in [-0.15, -0.1) is 4.39 Å². The fourth-order valence-electron chi connectivity index (χ4n) is 3.77. The molecule has 1 aliphatic heterocycles. The van der Waals surface area contributed by atoms with Crippen molar-refractivity contribution in [3.63, 3.8) is 0 Å². The molecule has 31 heavy (non-hydrogen) atoms. The van der Waals surface area contributed by atoms with Crippen molar-refractivity contribution < 1.29 is 32.1 Å². The summed E-state index contributed by atoms with van der Waals surface area (Å²) in [7, 11) is 0. The van der Waals surface area contributed by atoms with Gasteiger partial charge in [-0.2, -0.15) is 0 Å². The van der Waals surface area contributed by atoms with Crippen LogP contribution in [0, 0.1) is 29.4 Å². The number of hydrogen-bond acceptors (Lipinski definition) is 4. The van der Waals surface area contributed by atoms with Gasteiger partial charge in [0.1, 0.15) is 11.9 Å². The Balaban J connectivity index is 1.94. The van der Waals surface area contributed by atoms with Crippen molar-refractivity contribution in [1.29, 1.82) is 0 Å². The topological polar surface area (TPSA) is 79.3 Å². The molecule has 2 aromatic rings. The molecule has 1 N–H and O–H groups in total. The third-order valence-corrected chi connectivity index (χ3v) is 5.07. The third kappa shape index (κ3) is 4.88. The van der Waals surface area contributed by atoms with E-state index in [1.165, 1.54) is 4.90 Å². The molecule has 2 heterocycles. The van der Waals surface area contributed by atoms with E-state index in [-0.39, 0.29) is 30.3 Å². The van der Waals surface area contributed by atoms with Crippen molar-refractivity contribution in [3.8, 4) is 5.69 Å². The normalized spacial score (nSPS) is 19.3. The zero-order chi connectivity index (χ0) is 22.9. The molecular weight excluding hydrogens is 413 g/mol. The fourth-order valence-corrected chi connectivity index (χ4v) is 3.77. The van der Waals surface area contributed by atoms with Crippen LogP contribution in [-0.4, -0.2) is 40.5 Å². The second-order valence-electron chi connectivity index (χ2n) is 8.64. The number of rotatable bonds is 6. The van der Waals surface area contributed by atoms with Gasteiger partial charge in [-0.3, -0.25) is 9.59 Å². The average molecular weight is 439 g/mol. The van der Waals surface area contributed by atoms with E-state index in [2.05, 4.69) is 10.5 Å². The molecule has 1 aromatic heterocycles. The molecule has 0 spiro atoms. The Bertz CT molecular complexity index is 977. The zero-order valence-corrected chi connectivity index (χ0v) is 17.9. The van der Waals surface area contributed by atoms with E-state index >= 15 is 0 Å². The van der Waals surface area contributed by atoms with Crippen LogP contribution in [0.5, 0.6) is 0 Å². The van der Waals surface area contributed by atoms with Gasteiger partial charge in [0.05, 0.1) is 0 Å². The lowest BCUT2D eigenvalue weighted by Crippen LogP contribution is -2.62. The Labute approximate surface area is 178 Å². The van der Waals surface area contributed by atoms with Gasteiger partial charge in [-0.05, 0) is 36.8 Å². The lowest BCUT2D eigenvalue weighted by molar-refractivity contribution is -0.816. The van der Waals surface area contributed by atoms with E-state index in [4.69, 9.17) is 4.63 Å². The highest BCUT2D eigenvalue weighted by molar-refractivity contribution is 5.96. The number of hydrogen-bond donors (Lipinski definition) is 1. The lowest BCUT2D eigenvalue weighted by atomic mass is 9.94. The Hall–Kier alpha value is -2.91. The Morgan fingerprint density at radius 1 is 1.23 bits per heavy atom. The minimum Gasteiger partial charge on any atom is -0.350 e. The molecule has 1 aliphatic rings. The summed E-state index contributed by atoms with van der Waals surface area (Å²) in [5.74, 6) is -3.90. The summed E-state index contributed by atoms with van der Waals surface area (Å²) in [6, 6.07) is 1.40. The standard InChI is InChI=1S/C21H25F3N4O3/c1-11(2)7-14-10-27(17(8-12(3)4)20(29)25-14)21(30)18-19(24)28(31-26-18)16-6-5-13(22)9-15(16)23/h5-6,9,11-12,14,17H,7-8,10H2,1-4H3/p+1/t14-,17-/m0/s1. The second-order valence-corrected chi connectivity index (χ2v) is 8.64. The maximum atomic E-state index is 15.0. The van der Waals surface area contributed by atoms with Crippen LogP contribution >= 0.6 is 0 Å². The Morgan fingerprint density at radius 2 is 1.90 bits per heavy atom. The quantitative estimate of drug-likeness (QED) is 0.702. The van der Waals surface area contributed by atoms with Crippen molar-refractivity contribution in [2.75, 3.05) is 6.54 Å². The predicted octanol–water partition coefficient (Wildman–Crippen LogP) is 2.77. The van der Waals surface area contributed by atoms with Crippen LogP contribution in [0.4, 0.5) is 13.2 Å². The number of piperazine rings is 1. The van der Waals surface area contributed by atoms with Crippen molar-refractivity contribution in [2.45, 2.75) is 52.6 Å². The number of nitrogens with one attached hydrogen (secondary N) is 1.